The molecule has 1 saturated heterocycles. The summed E-state index contributed by atoms with van der Waals surface area (Å²) in [5.41, 5.74) is 5.16. The van der Waals surface area contributed by atoms with Gasteiger partial charge in [0.1, 0.15) is 12.3 Å². The average molecular weight is 406 g/mol. The van der Waals surface area contributed by atoms with Crippen LogP contribution in [0.3, 0.4) is 0 Å². The van der Waals surface area contributed by atoms with E-state index in [1.54, 1.807) is 0 Å². The Bertz CT molecular complexity index is 839. The first kappa shape index (κ1) is 23.2. The second-order valence-electron chi connectivity index (χ2n) is 4.95. The summed E-state index contributed by atoms with van der Waals surface area (Å²) in [4.78, 5) is 42.8. The van der Waals surface area contributed by atoms with Crippen LogP contribution >= 0.6 is 7.82 Å². The molecule has 1 fully saturated rings. The van der Waals surface area contributed by atoms with Crippen molar-refractivity contribution >= 4 is 24.9 Å². The molecule has 0 aliphatic carbocycles. The maximum Gasteiger partial charge on any atom is 1.00 e. The van der Waals surface area contributed by atoms with Crippen LogP contribution < -0.4 is 80.2 Å². The molecular weight excluding hydrogens is 394 g/mol. The van der Waals surface area contributed by atoms with Crippen molar-refractivity contribution in [3.8, 4) is 0 Å². The van der Waals surface area contributed by atoms with E-state index in [4.69, 9.17) is 10.5 Å². The van der Waals surface area contributed by atoms with E-state index in [-0.39, 0.29) is 82.6 Å². The number of aromatic nitrogens is 4. The summed E-state index contributed by atoms with van der Waals surface area (Å²) in [5, 5.41) is 9.89. The third-order valence-corrected chi connectivity index (χ3v) is 3.83. The largest absolute Gasteiger partial charge is 1.00 e. The molecule has 3 atom stereocenters. The van der Waals surface area contributed by atoms with Gasteiger partial charge >= 0.3 is 59.1 Å². The molecule has 3 rings (SSSR count). The van der Waals surface area contributed by atoms with Gasteiger partial charge < -0.3 is 34.5 Å². The van der Waals surface area contributed by atoms with Gasteiger partial charge in [0.25, 0.3) is 5.56 Å². The van der Waals surface area contributed by atoms with E-state index >= 15 is 0 Å². The Hall–Kier alpha value is 0.180. The molecule has 0 amide bonds. The van der Waals surface area contributed by atoms with Crippen molar-refractivity contribution in [2.75, 3.05) is 12.3 Å². The Morgan fingerprint density at radius 1 is 1.52 bits per heavy atom. The third kappa shape index (κ3) is 5.34. The fraction of sp³-hybridized carbons (Fsp3) is 0.500. The quantitative estimate of drug-likeness (QED) is 0.190. The topological polar surface area (TPSA) is 191 Å². The number of aliphatic hydroxyl groups excluding tert-OH is 1. The van der Waals surface area contributed by atoms with E-state index in [1.165, 1.54) is 10.9 Å². The van der Waals surface area contributed by atoms with Crippen LogP contribution in [0.15, 0.2) is 11.1 Å². The zero-order valence-electron chi connectivity index (χ0n) is 13.5. The number of phosphoric acid groups is 1. The molecular formula is C10H12N5Na2O7P. The van der Waals surface area contributed by atoms with Gasteiger partial charge in [-0.15, -0.1) is 0 Å². The number of aliphatic hydroxyl groups is 1. The summed E-state index contributed by atoms with van der Waals surface area (Å²) in [5.74, 6) is -0.110. The van der Waals surface area contributed by atoms with Crippen LogP contribution in [0.1, 0.15) is 12.6 Å². The first-order valence-corrected chi connectivity index (χ1v) is 7.93. The van der Waals surface area contributed by atoms with Crippen LogP contribution in [0, 0.1) is 0 Å². The van der Waals surface area contributed by atoms with Crippen LogP contribution in [-0.2, 0) is 13.8 Å². The van der Waals surface area contributed by atoms with Crippen molar-refractivity contribution in [2.45, 2.75) is 24.9 Å². The molecule has 2 aromatic heterocycles. The van der Waals surface area contributed by atoms with E-state index in [2.05, 4.69) is 19.5 Å². The molecule has 25 heavy (non-hydrogen) atoms. The molecule has 2 aromatic rings. The van der Waals surface area contributed by atoms with Gasteiger partial charge in [0.2, 0.25) is 5.95 Å². The van der Waals surface area contributed by atoms with Crippen molar-refractivity contribution in [1.82, 2.24) is 19.5 Å². The minimum atomic E-state index is -5.16. The summed E-state index contributed by atoms with van der Waals surface area (Å²) in [6.07, 6.45) is -1.50. The number of anilines is 1. The van der Waals surface area contributed by atoms with E-state index in [0.717, 1.165) is 0 Å². The first-order valence-electron chi connectivity index (χ1n) is 6.47. The molecule has 0 aromatic carbocycles. The molecule has 1 aliphatic rings. The van der Waals surface area contributed by atoms with Gasteiger partial charge in [-0.1, -0.05) is 0 Å². The Morgan fingerprint density at radius 3 is 2.84 bits per heavy atom. The average Bonchev–Trinajstić information content (AvgIpc) is 2.99. The molecule has 0 spiro atoms. The zero-order valence-corrected chi connectivity index (χ0v) is 18.4. The number of rotatable bonds is 4. The number of nitrogen functional groups attached to an aromatic ring is 1. The van der Waals surface area contributed by atoms with Crippen LogP contribution in [-0.4, -0.2) is 43.4 Å². The Morgan fingerprint density at radius 2 is 2.20 bits per heavy atom. The number of hydrogen-bond acceptors (Lipinski definition) is 10. The van der Waals surface area contributed by atoms with Gasteiger partial charge in [0.05, 0.1) is 26.9 Å². The molecule has 3 heterocycles. The molecule has 4 N–H and O–H groups in total. The molecule has 126 valence electrons. The molecule has 12 nitrogen and oxygen atoms in total. The minimum Gasteiger partial charge on any atom is -0.790 e. The van der Waals surface area contributed by atoms with Gasteiger partial charge in [0.15, 0.2) is 11.2 Å². The predicted octanol–water partition coefficient (Wildman–Crippen LogP) is -8.80. The van der Waals surface area contributed by atoms with E-state index in [0.29, 0.717) is 0 Å². The Balaban J connectivity index is 0.00000156. The number of nitrogens with zero attached hydrogens (tertiary/aromatic N) is 3. The number of imidazole rings is 1. The van der Waals surface area contributed by atoms with Crippen LogP contribution in [0.5, 0.6) is 0 Å². The van der Waals surface area contributed by atoms with Gasteiger partial charge in [-0.3, -0.25) is 14.3 Å². The van der Waals surface area contributed by atoms with E-state index in [9.17, 15) is 24.3 Å². The zero-order chi connectivity index (χ0) is 16.8. The summed E-state index contributed by atoms with van der Waals surface area (Å²) in [6.45, 7) is -0.606. The molecule has 0 radical (unpaired) electrons. The van der Waals surface area contributed by atoms with E-state index < -0.39 is 38.4 Å². The number of phosphoric ester groups is 1. The summed E-state index contributed by atoms with van der Waals surface area (Å²) >= 11 is 0. The van der Waals surface area contributed by atoms with Crippen molar-refractivity contribution in [1.29, 1.82) is 0 Å². The summed E-state index contributed by atoms with van der Waals surface area (Å²) in [6, 6.07) is 0. The summed E-state index contributed by atoms with van der Waals surface area (Å²) in [7, 11) is -5.16. The van der Waals surface area contributed by atoms with Crippen LogP contribution in [0.25, 0.3) is 11.2 Å². The maximum atomic E-state index is 11.7. The van der Waals surface area contributed by atoms with Crippen molar-refractivity contribution < 1.29 is 87.8 Å². The number of fused-ring (bicyclic) bond motifs is 1. The molecule has 1 aliphatic heterocycles. The number of ether oxygens (including phenoxy) is 1. The number of hydrogen-bond donors (Lipinski definition) is 3. The fourth-order valence-electron chi connectivity index (χ4n) is 2.35. The van der Waals surface area contributed by atoms with Gasteiger partial charge in [-0.2, -0.15) is 4.98 Å². The standard InChI is InChI=1S/C10H14N5O7P.2Na/c11-10-13-8-7(9(17)14-10)12-3-15(8)6-1-4(16)5(22-6)2-21-23(18,19)20;;/h3-6,16H,1-2H2,(H2,18,19,20)(H3,11,13,14,17);;/q;2*+1/p-2/t4-,5+,6+;;/m0../s1/i1+1,2+1,3+1,4+1,5+1,6+1,7+1,8+1,9+1,10+1,11+1,12+1,13+1,14+1,15+1;;. The van der Waals surface area contributed by atoms with Crippen molar-refractivity contribution in [3.63, 3.8) is 0 Å². The number of nitrogens with two attached hydrogens (primary N) is 1. The van der Waals surface area contributed by atoms with Gasteiger partial charge in [0, 0.05) is 6.42 Å². The van der Waals surface area contributed by atoms with Crippen LogP contribution in [0.4, 0.5) is 5.95 Å². The predicted molar refractivity (Wildman–Crippen MR) is 70.7 cm³/mol. The number of aromatic amines is 1. The summed E-state index contributed by atoms with van der Waals surface area (Å²) < 4.78 is 21.5. The SMILES string of the molecule is [15NH2][13c]1[15n][13c]2[13c]([15n][13cH][15n]2[13C@H]2[13CH2][13C@H](O)[13C@@H]([13CH2]OP(=O)([O-])[O-])O2)[13c](=O)[15nH]1.[Na+].[Na+]. The fourth-order valence-corrected chi connectivity index (χ4v) is 2.68. The third-order valence-electron chi connectivity index (χ3n) is 3.36. The monoisotopic (exact) mass is 406 g/mol. The molecule has 15 heteroatoms. The normalized spacial score (nSPS) is 23.2. The maximum absolute atomic E-state index is 11.7. The van der Waals surface area contributed by atoms with Gasteiger partial charge in [-0.05, 0) is 0 Å². The van der Waals surface area contributed by atoms with Crippen molar-refractivity contribution in [3.05, 3.63) is 16.7 Å². The van der Waals surface area contributed by atoms with Crippen molar-refractivity contribution in [2.24, 2.45) is 0 Å². The van der Waals surface area contributed by atoms with Crippen LogP contribution in [0.2, 0.25) is 0 Å². The van der Waals surface area contributed by atoms with E-state index in [1.807, 2.05) is 0 Å². The number of H-pyrrole nitrogens is 1. The smallest absolute Gasteiger partial charge is 0.790 e. The Kier molecular flexibility index (Phi) is 8.28. The van der Waals surface area contributed by atoms with Gasteiger partial charge in [-0.25, -0.2) is 4.98 Å². The molecule has 0 saturated carbocycles. The Labute approximate surface area is 184 Å². The number of nitrogens with one attached hydrogen (secondary N) is 1. The molecule has 0 bridgehead atoms. The minimum absolute atomic E-state index is 0. The second kappa shape index (κ2) is 8.91. The first-order chi connectivity index (χ1) is 10.7. The molecule has 0 unspecified atom stereocenters. The second-order valence-corrected chi connectivity index (χ2v) is 6.10.